The molecule has 4 nitrogen and oxygen atoms in total. The summed E-state index contributed by atoms with van der Waals surface area (Å²) in [6.45, 7) is 4.95. The molecule has 3 aromatic rings. The lowest BCUT2D eigenvalue weighted by molar-refractivity contribution is 0.244. The number of hydrogen-bond acceptors (Lipinski definition) is 4. The molecule has 1 aliphatic carbocycles. The van der Waals surface area contributed by atoms with Gasteiger partial charge in [-0.1, -0.05) is 19.1 Å². The van der Waals surface area contributed by atoms with Gasteiger partial charge in [0.25, 0.3) is 5.56 Å². The first-order valence-corrected chi connectivity index (χ1v) is 10.2. The van der Waals surface area contributed by atoms with Gasteiger partial charge in [-0.2, -0.15) is 0 Å². The molecule has 0 spiro atoms. The fourth-order valence-electron chi connectivity index (χ4n) is 3.79. The van der Waals surface area contributed by atoms with Crippen molar-refractivity contribution in [2.24, 2.45) is 5.92 Å². The number of aryl methyl sites for hydroxylation is 1. The smallest absolute Gasteiger partial charge is 0.259 e. The number of benzene rings is 1. The van der Waals surface area contributed by atoms with Gasteiger partial charge in [-0.25, -0.2) is 9.37 Å². The maximum Gasteiger partial charge on any atom is 0.259 e. The number of nitrogens with one attached hydrogen (secondary N) is 1. The zero-order chi connectivity index (χ0) is 19.1. The zero-order valence-corrected chi connectivity index (χ0v) is 16.7. The Balaban J connectivity index is 1.63. The fraction of sp³-hybridized carbons (Fsp3) is 0.429. The first-order chi connectivity index (χ1) is 12.9. The fourth-order valence-corrected chi connectivity index (χ4v) is 5.18. The second-order valence-corrected chi connectivity index (χ2v) is 8.78. The molecule has 0 amide bonds. The molecule has 0 unspecified atom stereocenters. The molecule has 0 saturated heterocycles. The number of aromatic amines is 1. The Hall–Kier alpha value is -2.05. The molecule has 0 bridgehead atoms. The first-order valence-electron chi connectivity index (χ1n) is 9.41. The predicted octanol–water partition coefficient (Wildman–Crippen LogP) is 4.44. The molecule has 6 heteroatoms. The average molecular weight is 386 g/mol. The van der Waals surface area contributed by atoms with Crippen molar-refractivity contribution in [1.82, 2.24) is 14.9 Å². The molecule has 142 valence electrons. The van der Waals surface area contributed by atoms with Gasteiger partial charge in [-0.15, -0.1) is 11.3 Å². The summed E-state index contributed by atoms with van der Waals surface area (Å²) < 4.78 is 13.1. The van der Waals surface area contributed by atoms with E-state index in [-0.39, 0.29) is 17.4 Å². The van der Waals surface area contributed by atoms with Crippen LogP contribution in [0.15, 0.2) is 29.1 Å². The second-order valence-electron chi connectivity index (χ2n) is 7.70. The van der Waals surface area contributed by atoms with Gasteiger partial charge in [0.15, 0.2) is 0 Å². The molecule has 2 atom stereocenters. The molecule has 0 radical (unpaired) electrons. The molecule has 0 fully saturated rings. The second kappa shape index (κ2) is 7.17. The average Bonchev–Trinajstić information content (AvgIpc) is 3.00. The Bertz CT molecular complexity index is 1020. The summed E-state index contributed by atoms with van der Waals surface area (Å²) in [5.41, 5.74) is 2.21. The largest absolute Gasteiger partial charge is 0.309 e. The van der Waals surface area contributed by atoms with Crippen LogP contribution in [0.4, 0.5) is 4.39 Å². The van der Waals surface area contributed by atoms with Crippen molar-refractivity contribution < 1.29 is 4.39 Å². The van der Waals surface area contributed by atoms with Crippen molar-refractivity contribution in [3.63, 3.8) is 0 Å². The Kier molecular flexibility index (Phi) is 4.86. The lowest BCUT2D eigenvalue weighted by Gasteiger charge is -2.24. The van der Waals surface area contributed by atoms with Crippen molar-refractivity contribution >= 4 is 21.6 Å². The molecule has 2 aromatic heterocycles. The van der Waals surface area contributed by atoms with E-state index in [1.807, 2.05) is 14.0 Å². The SMILES string of the molecule is C[C@@H]1CCc2c(sc3nc([C@H](C)N(C)Cc4ccc(F)cc4)[nH]c(=O)c23)C1. The molecule has 0 aliphatic heterocycles. The minimum absolute atomic E-state index is 0.0240. The Morgan fingerprint density at radius 2 is 2.11 bits per heavy atom. The van der Waals surface area contributed by atoms with E-state index in [0.29, 0.717) is 18.3 Å². The Labute approximate surface area is 162 Å². The summed E-state index contributed by atoms with van der Waals surface area (Å²) in [4.78, 5) is 24.9. The molecule has 1 aliphatic rings. The standard InChI is InChI=1S/C21H24FN3OS/c1-12-4-9-16-17(10-12)27-21-18(16)20(26)23-19(24-21)13(2)25(3)11-14-5-7-15(22)8-6-14/h5-8,12-13H,4,9-11H2,1-3H3,(H,23,24,26)/t12-,13+/m1/s1. The highest BCUT2D eigenvalue weighted by molar-refractivity contribution is 7.18. The summed E-state index contributed by atoms with van der Waals surface area (Å²) in [7, 11) is 1.99. The van der Waals surface area contributed by atoms with Crippen LogP contribution in [-0.2, 0) is 19.4 Å². The van der Waals surface area contributed by atoms with Gasteiger partial charge < -0.3 is 4.98 Å². The summed E-state index contributed by atoms with van der Waals surface area (Å²) in [5.74, 6) is 1.12. The summed E-state index contributed by atoms with van der Waals surface area (Å²) in [6, 6.07) is 6.46. The van der Waals surface area contributed by atoms with Crippen molar-refractivity contribution in [3.05, 3.63) is 62.3 Å². The van der Waals surface area contributed by atoms with E-state index in [9.17, 15) is 9.18 Å². The number of rotatable bonds is 4. The molecule has 1 aromatic carbocycles. The number of hydrogen-bond donors (Lipinski definition) is 1. The van der Waals surface area contributed by atoms with E-state index in [4.69, 9.17) is 4.98 Å². The molecular formula is C21H24FN3OS. The van der Waals surface area contributed by atoms with Gasteiger partial charge in [0, 0.05) is 11.4 Å². The van der Waals surface area contributed by atoms with Crippen LogP contribution in [0.5, 0.6) is 0 Å². The third-order valence-electron chi connectivity index (χ3n) is 5.59. The lowest BCUT2D eigenvalue weighted by atomic mass is 9.89. The number of aromatic nitrogens is 2. The predicted molar refractivity (Wildman–Crippen MR) is 108 cm³/mol. The van der Waals surface area contributed by atoms with Gasteiger partial charge in [0.2, 0.25) is 0 Å². The van der Waals surface area contributed by atoms with Crippen LogP contribution in [0, 0.1) is 11.7 Å². The van der Waals surface area contributed by atoms with Crippen LogP contribution in [-0.4, -0.2) is 21.9 Å². The van der Waals surface area contributed by atoms with Crippen molar-refractivity contribution in [2.75, 3.05) is 7.05 Å². The topological polar surface area (TPSA) is 49.0 Å². The normalized spacial score (nSPS) is 18.0. The Morgan fingerprint density at radius 1 is 1.37 bits per heavy atom. The van der Waals surface area contributed by atoms with Crippen LogP contribution in [0.2, 0.25) is 0 Å². The minimum atomic E-state index is -0.234. The van der Waals surface area contributed by atoms with Crippen LogP contribution in [0.3, 0.4) is 0 Å². The quantitative estimate of drug-likeness (QED) is 0.722. The van der Waals surface area contributed by atoms with E-state index < -0.39 is 0 Å². The highest BCUT2D eigenvalue weighted by atomic mass is 32.1. The molecule has 1 N–H and O–H groups in total. The summed E-state index contributed by atoms with van der Waals surface area (Å²) in [6.07, 6.45) is 3.16. The van der Waals surface area contributed by atoms with Crippen molar-refractivity contribution in [2.45, 2.75) is 45.7 Å². The maximum atomic E-state index is 13.1. The van der Waals surface area contributed by atoms with Gasteiger partial charge >= 0.3 is 0 Å². The van der Waals surface area contributed by atoms with Crippen molar-refractivity contribution in [1.29, 1.82) is 0 Å². The number of halogens is 1. The van der Waals surface area contributed by atoms with Crippen molar-refractivity contribution in [3.8, 4) is 0 Å². The summed E-state index contributed by atoms with van der Waals surface area (Å²) in [5, 5.41) is 0.791. The molecular weight excluding hydrogens is 361 g/mol. The monoisotopic (exact) mass is 385 g/mol. The van der Waals surface area contributed by atoms with Gasteiger partial charge in [-0.3, -0.25) is 9.69 Å². The highest BCUT2D eigenvalue weighted by Crippen LogP contribution is 2.36. The number of thiophene rings is 1. The van der Waals surface area contributed by atoms with E-state index in [1.54, 1.807) is 23.5 Å². The number of H-pyrrole nitrogens is 1. The minimum Gasteiger partial charge on any atom is -0.309 e. The molecule has 4 rings (SSSR count). The molecule has 27 heavy (non-hydrogen) atoms. The van der Waals surface area contributed by atoms with Gasteiger partial charge in [-0.05, 0) is 62.4 Å². The number of fused-ring (bicyclic) bond motifs is 3. The number of nitrogens with zero attached hydrogens (tertiary/aromatic N) is 2. The Morgan fingerprint density at radius 3 is 2.85 bits per heavy atom. The third-order valence-corrected chi connectivity index (χ3v) is 6.73. The highest BCUT2D eigenvalue weighted by Gasteiger charge is 2.24. The third kappa shape index (κ3) is 3.56. The maximum absolute atomic E-state index is 13.1. The first kappa shape index (κ1) is 18.3. The van der Waals surface area contributed by atoms with Gasteiger partial charge in [0.1, 0.15) is 16.5 Å². The summed E-state index contributed by atoms with van der Waals surface area (Å²) >= 11 is 1.68. The van der Waals surface area contributed by atoms with E-state index in [0.717, 1.165) is 35.0 Å². The van der Waals surface area contributed by atoms with Crippen LogP contribution < -0.4 is 5.56 Å². The molecule has 2 heterocycles. The lowest BCUT2D eigenvalue weighted by Crippen LogP contribution is -2.26. The van der Waals surface area contributed by atoms with Crippen LogP contribution in [0.1, 0.15) is 48.1 Å². The van der Waals surface area contributed by atoms with Crippen LogP contribution in [0.25, 0.3) is 10.2 Å². The molecule has 0 saturated carbocycles. The van der Waals surface area contributed by atoms with E-state index >= 15 is 0 Å². The van der Waals surface area contributed by atoms with E-state index in [1.165, 1.54) is 22.6 Å². The zero-order valence-electron chi connectivity index (χ0n) is 15.9. The van der Waals surface area contributed by atoms with Gasteiger partial charge in [0.05, 0.1) is 11.4 Å². The van der Waals surface area contributed by atoms with Crippen LogP contribution >= 0.6 is 11.3 Å². The van der Waals surface area contributed by atoms with E-state index in [2.05, 4.69) is 16.8 Å².